The molecular formula is C59H87N5O14Si2. The number of nitrogens with one attached hydrogen (secondary N) is 2. The Morgan fingerprint density at radius 1 is 0.700 bits per heavy atom. The topological polar surface area (TPSA) is 227 Å². The predicted octanol–water partition coefficient (Wildman–Crippen LogP) is 10.6. The Kier molecular flexibility index (Phi) is 18.4. The zero-order valence-electron chi connectivity index (χ0n) is 50.1. The molecule has 8 atom stereocenters. The number of ether oxygens (including phenoxy) is 7. The van der Waals surface area contributed by atoms with Crippen molar-refractivity contribution >= 4 is 57.6 Å². The number of aromatic amines is 1. The number of imidazole rings is 1. The van der Waals surface area contributed by atoms with Crippen molar-refractivity contribution in [3.8, 4) is 0 Å². The first kappa shape index (κ1) is 62.5. The molecule has 440 valence electrons. The molecule has 2 aromatic carbocycles. The summed E-state index contributed by atoms with van der Waals surface area (Å²) in [4.78, 5) is 73.8. The minimum absolute atomic E-state index is 0.00108. The molecule has 4 aliphatic rings. The highest BCUT2D eigenvalue weighted by Crippen LogP contribution is 2.63. The number of hydrogen-bond donors (Lipinski definition) is 2. The van der Waals surface area contributed by atoms with Crippen LogP contribution in [0.1, 0.15) is 146 Å². The van der Waals surface area contributed by atoms with Crippen LogP contribution in [-0.4, -0.2) is 113 Å². The van der Waals surface area contributed by atoms with Gasteiger partial charge in [-0.3, -0.25) is 38.8 Å². The Balaban J connectivity index is 0.000000242. The quantitative estimate of drug-likeness (QED) is 0.0476. The van der Waals surface area contributed by atoms with Crippen molar-refractivity contribution in [2.24, 2.45) is 5.92 Å². The number of esters is 3. The Morgan fingerprint density at radius 2 is 1.14 bits per heavy atom. The lowest BCUT2D eigenvalue weighted by atomic mass is 9.84. The van der Waals surface area contributed by atoms with Crippen molar-refractivity contribution in [2.75, 3.05) is 5.32 Å². The molecule has 80 heavy (non-hydrogen) atoms. The van der Waals surface area contributed by atoms with Gasteiger partial charge in [0, 0.05) is 26.7 Å². The molecule has 21 heteroatoms. The number of fused-ring (bicyclic) bond motifs is 1. The van der Waals surface area contributed by atoms with E-state index >= 15 is 0 Å². The molecule has 3 unspecified atom stereocenters. The highest BCUT2D eigenvalue weighted by Gasteiger charge is 2.75. The molecular weight excluding hydrogens is 1060 g/mol. The number of amides is 1. The number of nitrogens with zero attached hydrogens (tertiary/aromatic N) is 3. The van der Waals surface area contributed by atoms with Crippen LogP contribution in [0.25, 0.3) is 11.2 Å². The zero-order chi connectivity index (χ0) is 59.0. The van der Waals surface area contributed by atoms with Gasteiger partial charge in [-0.1, -0.05) is 130 Å². The number of rotatable bonds is 20. The van der Waals surface area contributed by atoms with E-state index in [0.29, 0.717) is 19.4 Å². The first-order valence-electron chi connectivity index (χ1n) is 28.2. The van der Waals surface area contributed by atoms with Crippen LogP contribution >= 0.6 is 0 Å². The summed E-state index contributed by atoms with van der Waals surface area (Å²) in [6.45, 7) is 34.2. The molecule has 8 rings (SSSR count). The molecule has 0 bridgehead atoms. The van der Waals surface area contributed by atoms with Crippen molar-refractivity contribution in [3.05, 3.63) is 88.5 Å². The van der Waals surface area contributed by atoms with Crippen molar-refractivity contribution in [2.45, 2.75) is 237 Å². The van der Waals surface area contributed by atoms with E-state index in [1.54, 1.807) is 18.4 Å². The molecule has 4 heterocycles. The third kappa shape index (κ3) is 12.7. The van der Waals surface area contributed by atoms with Gasteiger partial charge in [-0.15, -0.1) is 0 Å². The fraction of sp³-hybridized carbons (Fsp3) is 0.644. The predicted molar refractivity (Wildman–Crippen MR) is 306 cm³/mol. The van der Waals surface area contributed by atoms with Crippen LogP contribution in [0.5, 0.6) is 0 Å². The van der Waals surface area contributed by atoms with Crippen molar-refractivity contribution in [1.82, 2.24) is 19.5 Å². The largest absolute Gasteiger partial charge is 0.455 e. The smallest absolute Gasteiger partial charge is 0.305 e. The van der Waals surface area contributed by atoms with Gasteiger partial charge in [0.1, 0.15) is 23.4 Å². The SMILES string of the molecule is CC[C@@]1(C2(O[Si](C)(C)C(C)(C)C)CC2)OC(OC(C)=O)[C@@H](OC(C)=O)C1OCc1ccccc1.CC[C@@]1(C2(O[Si](C)(C)C(C)(C)C)CC2)O[C@@H](n2cnc3c(=O)[nH]c(NC(=O)C(C)C)nc32)[C@@H](OC(C)=O)C1OCc1ccccc1. The summed E-state index contributed by atoms with van der Waals surface area (Å²) >= 11 is 0. The lowest BCUT2D eigenvalue weighted by Crippen LogP contribution is -2.60. The van der Waals surface area contributed by atoms with Gasteiger partial charge >= 0.3 is 17.9 Å². The Morgan fingerprint density at radius 3 is 1.55 bits per heavy atom. The monoisotopic (exact) mass is 1150 g/mol. The highest BCUT2D eigenvalue weighted by molar-refractivity contribution is 6.74. The summed E-state index contributed by atoms with van der Waals surface area (Å²) in [5.74, 6) is -2.15. The second-order valence-electron chi connectivity index (χ2n) is 25.3. The highest BCUT2D eigenvalue weighted by atomic mass is 28.4. The number of carbonyl (C=O) groups excluding carboxylic acids is 4. The number of benzene rings is 2. The van der Waals surface area contributed by atoms with Crippen LogP contribution in [0, 0.1) is 5.92 Å². The maximum atomic E-state index is 13.1. The van der Waals surface area contributed by atoms with Gasteiger partial charge in [-0.05, 0) is 85.9 Å². The summed E-state index contributed by atoms with van der Waals surface area (Å²) in [5.41, 5.74) is -1.58. The fourth-order valence-corrected chi connectivity index (χ4v) is 14.0. The molecule has 0 radical (unpaired) electrons. The van der Waals surface area contributed by atoms with E-state index in [2.05, 4.69) is 88.0 Å². The fourth-order valence-electron chi connectivity index (χ4n) is 10.7. The molecule has 2 aromatic heterocycles. The average molecular weight is 1150 g/mol. The summed E-state index contributed by atoms with van der Waals surface area (Å²) in [6.07, 6.45) is 0.365. The average Bonchev–Trinajstić information content (AvgIpc) is 4.24. The Hall–Kier alpha value is -5.14. The van der Waals surface area contributed by atoms with Gasteiger partial charge in [0.2, 0.25) is 18.1 Å². The molecule has 2 aliphatic heterocycles. The minimum Gasteiger partial charge on any atom is -0.455 e. The second kappa shape index (κ2) is 23.6. The van der Waals surface area contributed by atoms with Crippen LogP contribution in [0.15, 0.2) is 71.8 Å². The third-order valence-corrected chi connectivity index (χ3v) is 26.2. The van der Waals surface area contributed by atoms with E-state index in [9.17, 15) is 24.0 Å². The van der Waals surface area contributed by atoms with Crippen LogP contribution < -0.4 is 10.9 Å². The summed E-state index contributed by atoms with van der Waals surface area (Å²) < 4.78 is 60.1. The van der Waals surface area contributed by atoms with E-state index in [4.69, 9.17) is 42.0 Å². The maximum absolute atomic E-state index is 13.1. The summed E-state index contributed by atoms with van der Waals surface area (Å²) in [7, 11) is -4.50. The molecule has 2 N–H and O–H groups in total. The van der Waals surface area contributed by atoms with E-state index < -0.39 is 99.4 Å². The standard InChI is InChI=1S/C33H47N5O7Si.C26H40O7Si/c1-10-33(32(16-17-32)45-46(8,9)31(5,6)7)25(42-18-22-14-12-11-13-15-22)24(43-21(4)39)29(44-33)38-19-34-23-26(38)35-30(37-28(23)41)36-27(40)20(2)3;1-9-26(25(15-16-25)33-34(7,8)24(4,5)6)22(29-17-20-13-11-10-12-14-20)21(30-18(2)27)23(32-26)31-19(3)28/h11-15,19-20,24-25,29H,10,16-18H2,1-9H3,(H2,35,36,37,40,41);10-14,21-23H,9,15-17H2,1-8H3/t24-,25?,29+,33+;21-,22?,23?,26+/m00/s1. The number of aromatic nitrogens is 4. The summed E-state index contributed by atoms with van der Waals surface area (Å²) in [6, 6.07) is 19.6. The lowest BCUT2D eigenvalue weighted by molar-refractivity contribution is -0.224. The van der Waals surface area contributed by atoms with Crippen LogP contribution in [-0.2, 0) is 74.4 Å². The molecule has 4 aromatic rings. The molecule has 2 aliphatic carbocycles. The number of H-pyrrole nitrogens is 1. The van der Waals surface area contributed by atoms with Gasteiger partial charge in [-0.25, -0.2) is 4.98 Å². The van der Waals surface area contributed by atoms with Crippen LogP contribution in [0.2, 0.25) is 36.3 Å². The van der Waals surface area contributed by atoms with Gasteiger partial charge in [0.25, 0.3) is 5.56 Å². The second-order valence-corrected chi connectivity index (χ2v) is 34.7. The minimum atomic E-state index is -2.31. The molecule has 4 fully saturated rings. The molecule has 1 amide bonds. The third-order valence-electron chi connectivity index (χ3n) is 17.1. The first-order chi connectivity index (χ1) is 37.3. The van der Waals surface area contributed by atoms with Crippen LogP contribution in [0.4, 0.5) is 5.95 Å². The van der Waals surface area contributed by atoms with E-state index in [1.807, 2.05) is 74.5 Å². The lowest BCUT2D eigenvalue weighted by Gasteiger charge is -2.47. The van der Waals surface area contributed by atoms with E-state index in [0.717, 1.165) is 36.8 Å². The zero-order valence-corrected chi connectivity index (χ0v) is 52.1. The van der Waals surface area contributed by atoms with Crippen LogP contribution in [0.3, 0.4) is 0 Å². The Labute approximate surface area is 473 Å². The molecule has 19 nitrogen and oxygen atoms in total. The normalized spacial score (nSPS) is 26.1. The van der Waals surface area contributed by atoms with Gasteiger partial charge in [-0.2, -0.15) is 4.98 Å². The maximum Gasteiger partial charge on any atom is 0.305 e. The first-order valence-corrected chi connectivity index (χ1v) is 34.0. The van der Waals surface area contributed by atoms with Crippen molar-refractivity contribution in [1.29, 1.82) is 0 Å². The molecule has 0 spiro atoms. The van der Waals surface area contributed by atoms with Gasteiger partial charge in [0.05, 0.1) is 30.7 Å². The van der Waals surface area contributed by atoms with Gasteiger partial charge in [0.15, 0.2) is 46.2 Å². The van der Waals surface area contributed by atoms with Crippen molar-refractivity contribution < 1.29 is 61.2 Å². The van der Waals surface area contributed by atoms with E-state index in [-0.39, 0.29) is 45.6 Å². The molecule has 2 saturated heterocycles. The van der Waals surface area contributed by atoms with E-state index in [1.165, 1.54) is 27.1 Å². The number of anilines is 1. The number of carbonyl (C=O) groups is 4. The van der Waals surface area contributed by atoms with Crippen molar-refractivity contribution in [3.63, 3.8) is 0 Å². The molecule has 2 saturated carbocycles. The summed E-state index contributed by atoms with van der Waals surface area (Å²) in [5, 5.41) is 2.60. The number of hydrogen-bond acceptors (Lipinski definition) is 16. The van der Waals surface area contributed by atoms with Gasteiger partial charge < -0.3 is 42.0 Å². The Bertz CT molecular complexity index is 2890.